The molecule has 0 saturated carbocycles. The van der Waals surface area contributed by atoms with Crippen molar-refractivity contribution in [3.63, 3.8) is 0 Å². The Morgan fingerprint density at radius 1 is 1.12 bits per heavy atom. The number of aromatic nitrogens is 4. The fourth-order valence-electron chi connectivity index (χ4n) is 3.08. The number of nitrogens with two attached hydrogens (primary N) is 1. The maximum Gasteiger partial charge on any atom is 0.435 e. The van der Waals surface area contributed by atoms with E-state index in [1.807, 2.05) is 0 Å². The number of amides is 1. The van der Waals surface area contributed by atoms with E-state index in [0.717, 1.165) is 16.8 Å². The molecule has 4 rings (SSSR count). The fourth-order valence-corrected chi connectivity index (χ4v) is 3.08. The largest absolute Gasteiger partial charge is 0.435 e. The van der Waals surface area contributed by atoms with Gasteiger partial charge in [0, 0.05) is 18.2 Å². The van der Waals surface area contributed by atoms with Crippen molar-refractivity contribution in [1.29, 1.82) is 0 Å². The van der Waals surface area contributed by atoms with Gasteiger partial charge >= 0.3 is 6.18 Å². The SMILES string of the molecule is C[C@H](N)C(=O)NCc1cccc(-n2nc(C(F)(F)F)cc2-c2nnc(-c3cccc(F)c3)o2)c1. The highest BCUT2D eigenvalue weighted by molar-refractivity contribution is 5.80. The van der Waals surface area contributed by atoms with Crippen molar-refractivity contribution >= 4 is 5.91 Å². The van der Waals surface area contributed by atoms with E-state index in [-0.39, 0.29) is 41.2 Å². The summed E-state index contributed by atoms with van der Waals surface area (Å²) in [4.78, 5) is 11.7. The molecule has 0 aliphatic carbocycles. The number of benzene rings is 2. The molecule has 176 valence electrons. The smallest absolute Gasteiger partial charge is 0.415 e. The average molecular weight is 474 g/mol. The van der Waals surface area contributed by atoms with Crippen molar-refractivity contribution in [2.75, 3.05) is 0 Å². The van der Waals surface area contributed by atoms with Gasteiger partial charge in [-0.2, -0.15) is 18.3 Å². The molecule has 8 nitrogen and oxygen atoms in total. The van der Waals surface area contributed by atoms with Crippen LogP contribution in [0.3, 0.4) is 0 Å². The number of halogens is 4. The third-order valence-electron chi connectivity index (χ3n) is 4.75. The lowest BCUT2D eigenvalue weighted by atomic mass is 10.2. The summed E-state index contributed by atoms with van der Waals surface area (Å²) in [5.74, 6) is -1.21. The Kier molecular flexibility index (Phi) is 6.16. The van der Waals surface area contributed by atoms with Crippen LogP contribution >= 0.6 is 0 Å². The van der Waals surface area contributed by atoms with Crippen molar-refractivity contribution in [2.45, 2.75) is 25.7 Å². The van der Waals surface area contributed by atoms with Crippen LogP contribution in [0.15, 0.2) is 59.0 Å². The molecule has 1 amide bonds. The van der Waals surface area contributed by atoms with Crippen LogP contribution in [0.2, 0.25) is 0 Å². The Balaban J connectivity index is 1.73. The zero-order chi connectivity index (χ0) is 24.5. The average Bonchev–Trinajstić information content (AvgIpc) is 3.45. The third-order valence-corrected chi connectivity index (χ3v) is 4.75. The minimum Gasteiger partial charge on any atom is -0.415 e. The molecule has 34 heavy (non-hydrogen) atoms. The summed E-state index contributed by atoms with van der Waals surface area (Å²) in [5, 5.41) is 14.0. The van der Waals surface area contributed by atoms with Crippen molar-refractivity contribution < 1.29 is 26.8 Å². The lowest BCUT2D eigenvalue weighted by molar-refractivity contribution is -0.141. The minimum atomic E-state index is -4.73. The first-order valence-corrected chi connectivity index (χ1v) is 10.0. The van der Waals surface area contributed by atoms with E-state index in [1.165, 1.54) is 31.2 Å². The van der Waals surface area contributed by atoms with E-state index in [0.29, 0.717) is 5.56 Å². The Morgan fingerprint density at radius 3 is 2.56 bits per heavy atom. The van der Waals surface area contributed by atoms with Gasteiger partial charge in [0.1, 0.15) is 11.5 Å². The van der Waals surface area contributed by atoms with Crippen molar-refractivity contribution in [3.05, 3.63) is 71.7 Å². The van der Waals surface area contributed by atoms with Gasteiger partial charge in [0.15, 0.2) is 5.69 Å². The van der Waals surface area contributed by atoms with E-state index < -0.39 is 23.7 Å². The number of carbonyl (C=O) groups excluding carboxylic acids is 1. The van der Waals surface area contributed by atoms with Crippen molar-refractivity contribution in [1.82, 2.24) is 25.3 Å². The highest BCUT2D eigenvalue weighted by Gasteiger charge is 2.36. The number of hydrogen-bond acceptors (Lipinski definition) is 6. The monoisotopic (exact) mass is 474 g/mol. The molecule has 0 fully saturated rings. The second-order valence-electron chi connectivity index (χ2n) is 7.42. The van der Waals surface area contributed by atoms with Crippen LogP contribution in [0.1, 0.15) is 18.2 Å². The Labute approximate surface area is 190 Å². The molecule has 0 aliphatic rings. The summed E-state index contributed by atoms with van der Waals surface area (Å²) in [5.41, 5.74) is 5.39. The summed E-state index contributed by atoms with van der Waals surface area (Å²) in [7, 11) is 0. The Bertz CT molecular complexity index is 1330. The predicted molar refractivity (Wildman–Crippen MR) is 113 cm³/mol. The van der Waals surface area contributed by atoms with Crippen LogP contribution in [0.5, 0.6) is 0 Å². The van der Waals surface area contributed by atoms with Gasteiger partial charge in [-0.3, -0.25) is 4.79 Å². The first-order valence-electron chi connectivity index (χ1n) is 10.0. The van der Waals surface area contributed by atoms with Crippen LogP contribution in [-0.4, -0.2) is 31.9 Å². The van der Waals surface area contributed by atoms with Gasteiger partial charge in [-0.05, 0) is 42.8 Å². The van der Waals surface area contributed by atoms with Crippen molar-refractivity contribution in [3.8, 4) is 28.7 Å². The molecule has 3 N–H and O–H groups in total. The molecule has 0 bridgehead atoms. The lowest BCUT2D eigenvalue weighted by Gasteiger charge is -2.10. The summed E-state index contributed by atoms with van der Waals surface area (Å²) < 4.78 is 60.4. The van der Waals surface area contributed by atoms with E-state index in [4.69, 9.17) is 10.2 Å². The molecular weight excluding hydrogens is 456 g/mol. The Hall–Kier alpha value is -4.06. The fraction of sp³-hybridized carbons (Fsp3) is 0.182. The maximum absolute atomic E-state index is 13.5. The maximum atomic E-state index is 13.5. The number of nitrogens with zero attached hydrogens (tertiary/aromatic N) is 4. The summed E-state index contributed by atoms with van der Waals surface area (Å²) in [6.07, 6.45) is -4.73. The Morgan fingerprint density at radius 2 is 1.85 bits per heavy atom. The second kappa shape index (κ2) is 9.06. The molecular formula is C22H18F4N6O2. The molecule has 12 heteroatoms. The molecule has 0 saturated heterocycles. The van der Waals surface area contributed by atoms with Gasteiger partial charge in [0.2, 0.25) is 11.8 Å². The number of nitrogens with one attached hydrogen (secondary N) is 1. The van der Waals surface area contributed by atoms with Gasteiger partial charge in [0.05, 0.1) is 11.7 Å². The number of rotatable bonds is 6. The quantitative estimate of drug-likeness (QED) is 0.412. The van der Waals surface area contributed by atoms with Crippen molar-refractivity contribution in [2.24, 2.45) is 5.73 Å². The molecule has 2 aromatic heterocycles. The standard InChI is InChI=1S/C22H18F4N6O2/c1-12(27)19(33)28-11-13-4-2-7-16(8-13)32-17(10-18(31-32)22(24,25)26)21-30-29-20(34-21)14-5-3-6-15(23)9-14/h2-10,12H,11,27H2,1H3,(H,28,33)/t12-/m0/s1. The lowest BCUT2D eigenvalue weighted by Crippen LogP contribution is -2.37. The van der Waals surface area contributed by atoms with Crippen LogP contribution in [-0.2, 0) is 17.5 Å². The molecule has 0 radical (unpaired) electrons. The van der Waals surface area contributed by atoms with E-state index >= 15 is 0 Å². The van der Waals surface area contributed by atoms with Crippen LogP contribution in [0.4, 0.5) is 17.6 Å². The summed E-state index contributed by atoms with van der Waals surface area (Å²) in [6.45, 7) is 1.64. The number of carbonyl (C=O) groups is 1. The molecule has 4 aromatic rings. The normalized spacial score (nSPS) is 12.5. The van der Waals surface area contributed by atoms with Crippen LogP contribution < -0.4 is 11.1 Å². The first-order chi connectivity index (χ1) is 16.1. The molecule has 0 aliphatic heterocycles. The highest BCUT2D eigenvalue weighted by atomic mass is 19.4. The topological polar surface area (TPSA) is 112 Å². The van der Waals surface area contributed by atoms with Crippen LogP contribution in [0.25, 0.3) is 28.7 Å². The van der Waals surface area contributed by atoms with Gasteiger partial charge in [-0.25, -0.2) is 9.07 Å². The van der Waals surface area contributed by atoms with Gasteiger partial charge < -0.3 is 15.5 Å². The predicted octanol–water partition coefficient (Wildman–Crippen LogP) is 3.71. The molecule has 1 atom stereocenters. The summed E-state index contributed by atoms with van der Waals surface area (Å²) >= 11 is 0. The highest BCUT2D eigenvalue weighted by Crippen LogP contribution is 2.33. The molecule has 2 aromatic carbocycles. The van der Waals surface area contributed by atoms with Crippen LogP contribution in [0, 0.1) is 5.82 Å². The van der Waals surface area contributed by atoms with E-state index in [1.54, 1.807) is 18.2 Å². The molecule has 2 heterocycles. The zero-order valence-electron chi connectivity index (χ0n) is 17.7. The van der Waals surface area contributed by atoms with E-state index in [2.05, 4.69) is 20.6 Å². The number of alkyl halides is 3. The summed E-state index contributed by atoms with van der Waals surface area (Å²) in [6, 6.07) is 11.8. The second-order valence-corrected chi connectivity index (χ2v) is 7.42. The minimum absolute atomic E-state index is 0.0665. The van der Waals surface area contributed by atoms with Gasteiger partial charge in [-0.1, -0.05) is 18.2 Å². The molecule has 0 unspecified atom stereocenters. The van der Waals surface area contributed by atoms with E-state index in [9.17, 15) is 22.4 Å². The molecule has 0 spiro atoms. The van der Waals surface area contributed by atoms with Gasteiger partial charge in [0.25, 0.3) is 5.89 Å². The third kappa shape index (κ3) is 4.96. The van der Waals surface area contributed by atoms with Gasteiger partial charge in [-0.15, -0.1) is 10.2 Å². The number of hydrogen-bond donors (Lipinski definition) is 2. The first kappa shape index (κ1) is 23.1. The zero-order valence-corrected chi connectivity index (χ0v) is 17.7.